The zero-order valence-corrected chi connectivity index (χ0v) is 39.3. The van der Waals surface area contributed by atoms with E-state index in [9.17, 15) is 0 Å². The van der Waals surface area contributed by atoms with E-state index in [2.05, 4.69) is 126 Å². The topological polar surface area (TPSA) is 198 Å². The van der Waals surface area contributed by atoms with Gasteiger partial charge in [-0.25, -0.2) is 40.4 Å². The van der Waals surface area contributed by atoms with E-state index in [4.69, 9.17) is 20.5 Å². The summed E-state index contributed by atoms with van der Waals surface area (Å²) in [5.41, 5.74) is 12.8. The van der Waals surface area contributed by atoms with Crippen molar-refractivity contribution in [1.82, 2.24) is 49.7 Å². The number of aryl methyl sites for hydroxylation is 6. The van der Waals surface area contributed by atoms with Crippen LogP contribution in [0.3, 0.4) is 0 Å². The first-order chi connectivity index (χ1) is 30.4. The van der Waals surface area contributed by atoms with E-state index in [1.54, 1.807) is 0 Å². The van der Waals surface area contributed by atoms with Crippen LogP contribution >= 0.6 is 9.03 Å². The molecule has 4 aromatic heterocycles. The second kappa shape index (κ2) is 23.3. The minimum atomic E-state index is -0.691. The highest BCUT2D eigenvalue weighted by molar-refractivity contribution is 7.25. The largest absolute Gasteiger partial charge is 0.354 e. The van der Waals surface area contributed by atoms with Crippen molar-refractivity contribution in [2.45, 2.75) is 92.9 Å². The third kappa shape index (κ3) is 13.7. The van der Waals surface area contributed by atoms with Crippen LogP contribution in [0.2, 0.25) is 0 Å². The van der Waals surface area contributed by atoms with Gasteiger partial charge < -0.3 is 30.4 Å². The number of aromatic nitrogens is 8. The molecule has 6 heterocycles. The van der Waals surface area contributed by atoms with Gasteiger partial charge in [0, 0.05) is 25.5 Å². The summed E-state index contributed by atoms with van der Waals surface area (Å²) in [6, 6.07) is 8.59. The number of hydrogen-bond donors (Lipinski definition) is 6. The number of aromatic amines is 2. The van der Waals surface area contributed by atoms with Crippen molar-refractivity contribution in [2.24, 2.45) is 11.8 Å². The fourth-order valence-corrected chi connectivity index (χ4v) is 8.70. The molecule has 0 unspecified atom stereocenters. The quantitative estimate of drug-likeness (QED) is 0.0262. The van der Waals surface area contributed by atoms with E-state index in [0.717, 1.165) is 81.2 Å². The van der Waals surface area contributed by atoms with Gasteiger partial charge in [0.25, 0.3) is 0 Å². The van der Waals surface area contributed by atoms with Crippen molar-refractivity contribution in [3.05, 3.63) is 70.3 Å². The van der Waals surface area contributed by atoms with Gasteiger partial charge in [0.15, 0.2) is 0 Å². The number of nitrogens with zero attached hydrogens (tertiary/aromatic N) is 8. The first-order valence-corrected chi connectivity index (χ1v) is 23.0. The molecule has 340 valence electrons. The van der Waals surface area contributed by atoms with E-state index in [1.807, 2.05) is 26.2 Å². The molecule has 0 bridgehead atoms. The number of anilines is 2. The molecule has 2 aromatic carbocycles. The summed E-state index contributed by atoms with van der Waals surface area (Å²) in [7, 11) is 3.74. The van der Waals surface area contributed by atoms with Crippen LogP contribution in [0.15, 0.2) is 36.7 Å². The molecule has 2 saturated heterocycles. The smallest absolute Gasteiger partial charge is 0.231 e. The molecule has 63 heavy (non-hydrogen) atoms. The zero-order valence-electron chi connectivity index (χ0n) is 38.3. The van der Waals surface area contributed by atoms with Gasteiger partial charge in [0.05, 0.1) is 44.6 Å². The molecule has 6 aromatic rings. The average Bonchev–Trinajstić information content (AvgIpc) is 3.88. The van der Waals surface area contributed by atoms with Gasteiger partial charge in [-0.15, -0.1) is 0 Å². The predicted molar refractivity (Wildman–Crippen MR) is 254 cm³/mol. The average molecular weight is 883 g/mol. The summed E-state index contributed by atoms with van der Waals surface area (Å²) in [5, 5.41) is 21.4. The van der Waals surface area contributed by atoms with Crippen LogP contribution in [0.25, 0.3) is 44.8 Å². The van der Waals surface area contributed by atoms with Crippen molar-refractivity contribution in [3.63, 3.8) is 0 Å². The monoisotopic (exact) mass is 883 g/mol. The lowest BCUT2D eigenvalue weighted by Gasteiger charge is -2.28. The Morgan fingerprint density at radius 3 is 1.37 bits per heavy atom. The molecule has 0 atom stereocenters. The van der Waals surface area contributed by atoms with Gasteiger partial charge >= 0.3 is 0 Å². The molecule has 8 rings (SSSR count). The first-order valence-electron chi connectivity index (χ1n) is 22.2. The van der Waals surface area contributed by atoms with E-state index in [0.29, 0.717) is 11.9 Å². The molecule has 0 radical (unpaired) electrons. The number of H-pyrrole nitrogens is 2. The van der Waals surface area contributed by atoms with Crippen molar-refractivity contribution in [1.29, 1.82) is 0 Å². The molecule has 6 N–H and O–H groups in total. The summed E-state index contributed by atoms with van der Waals surface area (Å²) in [5.74, 6) is 4.83. The second-order valence-electron chi connectivity index (χ2n) is 17.4. The van der Waals surface area contributed by atoms with Crippen LogP contribution in [0.1, 0.15) is 85.0 Å². The molecule has 2 aliphatic rings. The third-order valence-electron chi connectivity index (χ3n) is 12.2. The number of benzene rings is 2. The van der Waals surface area contributed by atoms with E-state index in [-0.39, 0.29) is 0 Å². The number of nitrogens with one attached hydrogen (secondary N) is 4. The predicted octanol–water partition coefficient (Wildman–Crippen LogP) is 9.43. The van der Waals surface area contributed by atoms with E-state index in [1.165, 1.54) is 99.8 Å². The minimum Gasteiger partial charge on any atom is -0.354 e. The van der Waals surface area contributed by atoms with Gasteiger partial charge in [-0.1, -0.05) is 12.1 Å². The summed E-state index contributed by atoms with van der Waals surface area (Å²) in [6.45, 7) is 19.3. The second-order valence-corrected chi connectivity index (χ2v) is 17.9. The lowest BCUT2D eigenvalue weighted by molar-refractivity contribution is -0.186. The molecule has 0 spiro atoms. The van der Waals surface area contributed by atoms with Crippen LogP contribution in [-0.4, -0.2) is 114 Å². The molecular weight excluding hydrogens is 816 g/mol. The van der Waals surface area contributed by atoms with Crippen LogP contribution in [-0.2, 0) is 9.35 Å². The summed E-state index contributed by atoms with van der Waals surface area (Å²) in [6.07, 6.45) is 14.0. The van der Waals surface area contributed by atoms with Crippen molar-refractivity contribution >= 4 is 43.0 Å². The van der Waals surface area contributed by atoms with Crippen LogP contribution < -0.4 is 10.6 Å². The molecule has 16 nitrogen and oxygen atoms in total. The normalized spacial score (nSPS) is 15.3. The number of likely N-dealkylation sites (tertiary alicyclic amines) is 2. The van der Waals surface area contributed by atoms with Crippen molar-refractivity contribution in [2.75, 3.05) is 64.0 Å². The lowest BCUT2D eigenvalue weighted by atomic mass is 9.92. The molecular formula is C46H67N12O4P. The number of piperidine rings is 2. The maximum Gasteiger partial charge on any atom is 0.231 e. The van der Waals surface area contributed by atoms with Crippen molar-refractivity contribution in [3.8, 4) is 22.8 Å². The maximum absolute atomic E-state index is 7.29. The molecule has 0 aliphatic carbocycles. The lowest BCUT2D eigenvalue weighted by Crippen LogP contribution is -2.30. The SMILES string of the molecule is Cc1cc(C)c2nc(-c3cnc(NCCCC4CCN(C)CC4)nc3C)[nH]c2c1.Cc1cc(C)c2nc(-c3cnc(NCCCC4CCN(C)CC4)nc3C)[nH]c2c1.OOPOO. The Bertz CT molecular complexity index is 2210. The van der Waals surface area contributed by atoms with Gasteiger partial charge in [-0.3, -0.25) is 0 Å². The molecule has 17 heteroatoms. The maximum atomic E-state index is 7.29. The van der Waals surface area contributed by atoms with Crippen LogP contribution in [0.5, 0.6) is 0 Å². The molecule has 0 amide bonds. The number of hydrogen-bond acceptors (Lipinski definition) is 14. The number of rotatable bonds is 14. The zero-order chi connectivity index (χ0) is 44.9. The highest BCUT2D eigenvalue weighted by atomic mass is 31.1. The fourth-order valence-electron chi connectivity index (χ4n) is 8.67. The Morgan fingerprint density at radius 1 is 0.619 bits per heavy atom. The first kappa shape index (κ1) is 47.8. The Labute approximate surface area is 373 Å². The standard InChI is InChI=1S/2C23H32N6.H3O4P/c2*1-15-12-16(2)21-20(13-15)27-22(28-21)19-14-25-23(26-17(19)3)24-9-5-6-18-7-10-29(4)11-8-18;1-3-5-4-2/h2*12-14,18H,5-11H2,1-4H3,(H,27,28)(H,24,25,26);1-2,5H. The fraction of sp³-hybridized carbons (Fsp3) is 0.522. The Morgan fingerprint density at radius 2 is 1.02 bits per heavy atom. The van der Waals surface area contributed by atoms with Crippen LogP contribution in [0.4, 0.5) is 11.9 Å². The van der Waals surface area contributed by atoms with E-state index >= 15 is 0 Å². The summed E-state index contributed by atoms with van der Waals surface area (Å²) in [4.78, 5) is 39.7. The van der Waals surface area contributed by atoms with E-state index < -0.39 is 9.03 Å². The summed E-state index contributed by atoms with van der Waals surface area (Å²) < 4.78 is 6.49. The third-order valence-corrected chi connectivity index (χ3v) is 12.4. The Kier molecular flexibility index (Phi) is 17.7. The molecule has 0 saturated carbocycles. The summed E-state index contributed by atoms with van der Waals surface area (Å²) >= 11 is 0. The highest BCUT2D eigenvalue weighted by Gasteiger charge is 2.18. The Hall–Kier alpha value is -4.67. The minimum absolute atomic E-state index is 0.691. The molecule has 2 fully saturated rings. The number of imidazole rings is 2. The highest BCUT2D eigenvalue weighted by Crippen LogP contribution is 2.28. The number of fused-ring (bicyclic) bond motifs is 2. The van der Waals surface area contributed by atoms with Crippen molar-refractivity contribution < 1.29 is 19.9 Å². The Balaban J connectivity index is 0.000000190. The van der Waals surface area contributed by atoms with Gasteiger partial charge in [-0.05, 0) is 179 Å². The van der Waals surface area contributed by atoms with Crippen LogP contribution in [0, 0.1) is 53.4 Å². The van der Waals surface area contributed by atoms with Gasteiger partial charge in [-0.2, -0.15) is 9.35 Å². The molecule has 2 aliphatic heterocycles. The van der Waals surface area contributed by atoms with Gasteiger partial charge in [0.1, 0.15) is 11.6 Å². The van der Waals surface area contributed by atoms with Gasteiger partial charge in [0.2, 0.25) is 20.9 Å².